The largest absolute Gasteiger partial charge is 0.243 e. The third-order valence-electron chi connectivity index (χ3n) is 0.933. The summed E-state index contributed by atoms with van der Waals surface area (Å²) in [7, 11) is 0. The standard InChI is InChI=1S/C6H3ClN2S/c7-5-1-4(10)3-9-6(5)2-8/h1,3,10H. The number of rotatable bonds is 0. The van der Waals surface area contributed by atoms with Gasteiger partial charge in [0.2, 0.25) is 0 Å². The molecule has 1 aromatic rings. The van der Waals surface area contributed by atoms with Crippen LogP contribution in [0.5, 0.6) is 0 Å². The van der Waals surface area contributed by atoms with Crippen molar-refractivity contribution in [3.05, 3.63) is 23.0 Å². The summed E-state index contributed by atoms with van der Waals surface area (Å²) in [5.41, 5.74) is 0.236. The van der Waals surface area contributed by atoms with Gasteiger partial charge in [0.15, 0.2) is 5.69 Å². The van der Waals surface area contributed by atoms with Crippen LogP contribution in [0.4, 0.5) is 0 Å². The Morgan fingerprint density at radius 3 is 2.90 bits per heavy atom. The minimum atomic E-state index is 0.236. The van der Waals surface area contributed by atoms with Crippen LogP contribution in [-0.4, -0.2) is 4.98 Å². The quantitative estimate of drug-likeness (QED) is 0.604. The second-order valence-electron chi connectivity index (χ2n) is 1.64. The summed E-state index contributed by atoms with van der Waals surface area (Å²) < 4.78 is 0. The molecule has 0 aliphatic carbocycles. The van der Waals surface area contributed by atoms with Crippen molar-refractivity contribution < 1.29 is 0 Å². The molecule has 2 nitrogen and oxygen atoms in total. The van der Waals surface area contributed by atoms with Crippen LogP contribution in [0.2, 0.25) is 5.02 Å². The maximum absolute atomic E-state index is 8.39. The zero-order chi connectivity index (χ0) is 7.56. The lowest BCUT2D eigenvalue weighted by Gasteiger charge is -1.92. The third-order valence-corrected chi connectivity index (χ3v) is 1.47. The van der Waals surface area contributed by atoms with Crippen LogP contribution in [-0.2, 0) is 0 Å². The average molecular weight is 171 g/mol. The van der Waals surface area contributed by atoms with E-state index in [0.717, 1.165) is 0 Å². The van der Waals surface area contributed by atoms with Crippen molar-refractivity contribution in [3.63, 3.8) is 0 Å². The van der Waals surface area contributed by atoms with E-state index in [0.29, 0.717) is 9.92 Å². The molecular formula is C6H3ClN2S. The highest BCUT2D eigenvalue weighted by Crippen LogP contribution is 2.15. The van der Waals surface area contributed by atoms with Crippen LogP contribution >= 0.6 is 24.2 Å². The Morgan fingerprint density at radius 1 is 1.70 bits per heavy atom. The highest BCUT2D eigenvalue weighted by atomic mass is 35.5. The zero-order valence-corrected chi connectivity index (χ0v) is 6.52. The highest BCUT2D eigenvalue weighted by Gasteiger charge is 1.98. The molecule has 0 saturated carbocycles. The fourth-order valence-electron chi connectivity index (χ4n) is 0.510. The molecule has 0 unspecified atom stereocenters. The summed E-state index contributed by atoms with van der Waals surface area (Å²) in [5.74, 6) is 0. The molecule has 1 heterocycles. The fraction of sp³-hybridized carbons (Fsp3) is 0. The van der Waals surface area contributed by atoms with E-state index in [-0.39, 0.29) is 5.69 Å². The normalized spacial score (nSPS) is 8.90. The first-order valence-electron chi connectivity index (χ1n) is 2.48. The van der Waals surface area contributed by atoms with Gasteiger partial charge in [0, 0.05) is 11.1 Å². The number of aromatic nitrogens is 1. The molecule has 0 N–H and O–H groups in total. The highest BCUT2D eigenvalue weighted by molar-refractivity contribution is 7.80. The van der Waals surface area contributed by atoms with E-state index < -0.39 is 0 Å². The van der Waals surface area contributed by atoms with Crippen LogP contribution < -0.4 is 0 Å². The lowest BCUT2D eigenvalue weighted by atomic mass is 10.4. The van der Waals surface area contributed by atoms with Gasteiger partial charge in [-0.2, -0.15) is 5.26 Å². The van der Waals surface area contributed by atoms with Crippen LogP contribution in [0.3, 0.4) is 0 Å². The van der Waals surface area contributed by atoms with Crippen molar-refractivity contribution >= 4 is 24.2 Å². The Hall–Kier alpha value is -0.720. The van der Waals surface area contributed by atoms with Crippen molar-refractivity contribution in [2.24, 2.45) is 0 Å². The van der Waals surface area contributed by atoms with Crippen LogP contribution in [0.1, 0.15) is 5.69 Å². The van der Waals surface area contributed by atoms with Gasteiger partial charge < -0.3 is 0 Å². The molecule has 0 spiro atoms. The molecule has 0 aromatic carbocycles. The van der Waals surface area contributed by atoms with Crippen molar-refractivity contribution in [2.45, 2.75) is 4.90 Å². The minimum Gasteiger partial charge on any atom is -0.243 e. The van der Waals surface area contributed by atoms with Gasteiger partial charge in [0.25, 0.3) is 0 Å². The Labute approximate surface area is 68.9 Å². The maximum atomic E-state index is 8.39. The molecule has 0 bridgehead atoms. The van der Waals surface area contributed by atoms with Gasteiger partial charge in [-0.05, 0) is 6.07 Å². The van der Waals surface area contributed by atoms with E-state index in [1.54, 1.807) is 6.07 Å². The first-order valence-corrected chi connectivity index (χ1v) is 3.31. The maximum Gasteiger partial charge on any atom is 0.159 e. The summed E-state index contributed by atoms with van der Waals surface area (Å²) in [5, 5.41) is 8.73. The number of pyridine rings is 1. The number of nitrogens with zero attached hydrogens (tertiary/aromatic N) is 2. The molecule has 0 fully saturated rings. The molecule has 0 aliphatic heterocycles. The molecule has 1 aromatic heterocycles. The van der Waals surface area contributed by atoms with Crippen LogP contribution in [0.25, 0.3) is 0 Å². The molecule has 10 heavy (non-hydrogen) atoms. The summed E-state index contributed by atoms with van der Waals surface area (Å²) in [4.78, 5) is 4.38. The molecular weight excluding hydrogens is 168 g/mol. The minimum absolute atomic E-state index is 0.236. The molecule has 0 amide bonds. The lowest BCUT2D eigenvalue weighted by molar-refractivity contribution is 1.20. The van der Waals surface area contributed by atoms with E-state index in [1.165, 1.54) is 6.20 Å². The van der Waals surface area contributed by atoms with E-state index >= 15 is 0 Å². The molecule has 0 radical (unpaired) electrons. The Bertz CT molecular complexity index is 292. The monoisotopic (exact) mass is 170 g/mol. The molecule has 4 heteroatoms. The number of hydrogen-bond acceptors (Lipinski definition) is 3. The van der Waals surface area contributed by atoms with Gasteiger partial charge in [0.05, 0.1) is 5.02 Å². The number of nitriles is 1. The molecule has 0 aliphatic rings. The van der Waals surface area contributed by atoms with Crippen molar-refractivity contribution in [1.29, 1.82) is 5.26 Å². The molecule has 50 valence electrons. The van der Waals surface area contributed by atoms with Crippen molar-refractivity contribution in [1.82, 2.24) is 4.98 Å². The second kappa shape index (κ2) is 2.91. The van der Waals surface area contributed by atoms with Crippen LogP contribution in [0, 0.1) is 11.3 Å². The summed E-state index contributed by atoms with van der Waals surface area (Å²) in [6, 6.07) is 3.43. The second-order valence-corrected chi connectivity index (χ2v) is 2.56. The van der Waals surface area contributed by atoms with Crippen molar-refractivity contribution in [3.8, 4) is 6.07 Å². The summed E-state index contributed by atoms with van der Waals surface area (Å²) in [6.45, 7) is 0. The number of halogens is 1. The molecule has 0 atom stereocenters. The number of thiol groups is 1. The van der Waals surface area contributed by atoms with Gasteiger partial charge in [-0.3, -0.25) is 0 Å². The number of hydrogen-bond donors (Lipinski definition) is 1. The Balaban J connectivity index is 3.23. The van der Waals surface area contributed by atoms with Crippen molar-refractivity contribution in [2.75, 3.05) is 0 Å². The Kier molecular flexibility index (Phi) is 2.15. The van der Waals surface area contributed by atoms with Gasteiger partial charge >= 0.3 is 0 Å². The summed E-state index contributed by atoms with van der Waals surface area (Å²) in [6.07, 6.45) is 1.48. The van der Waals surface area contributed by atoms with E-state index in [9.17, 15) is 0 Å². The predicted molar refractivity (Wildman–Crippen MR) is 41.2 cm³/mol. The fourth-order valence-corrected chi connectivity index (χ4v) is 0.982. The van der Waals surface area contributed by atoms with Gasteiger partial charge in [-0.25, -0.2) is 4.98 Å². The van der Waals surface area contributed by atoms with E-state index in [4.69, 9.17) is 16.9 Å². The van der Waals surface area contributed by atoms with E-state index in [2.05, 4.69) is 17.6 Å². The van der Waals surface area contributed by atoms with Gasteiger partial charge in [-0.1, -0.05) is 11.6 Å². The Morgan fingerprint density at radius 2 is 2.40 bits per heavy atom. The SMILES string of the molecule is N#Cc1ncc(S)cc1Cl. The topological polar surface area (TPSA) is 36.7 Å². The third kappa shape index (κ3) is 1.41. The van der Waals surface area contributed by atoms with Crippen LogP contribution in [0.15, 0.2) is 17.2 Å². The first-order chi connectivity index (χ1) is 4.74. The zero-order valence-electron chi connectivity index (χ0n) is 4.87. The summed E-state index contributed by atoms with van der Waals surface area (Å²) >= 11 is 9.58. The van der Waals surface area contributed by atoms with Gasteiger partial charge in [0.1, 0.15) is 6.07 Å². The molecule has 0 saturated heterocycles. The van der Waals surface area contributed by atoms with E-state index in [1.807, 2.05) is 6.07 Å². The smallest absolute Gasteiger partial charge is 0.159 e. The van der Waals surface area contributed by atoms with Gasteiger partial charge in [-0.15, -0.1) is 12.6 Å². The average Bonchev–Trinajstić information content (AvgIpc) is 1.88. The molecule has 1 rings (SSSR count). The predicted octanol–water partition coefficient (Wildman–Crippen LogP) is 1.90. The lowest BCUT2D eigenvalue weighted by Crippen LogP contribution is -1.82. The first kappa shape index (κ1) is 7.39.